The molecule has 1 aliphatic heterocycles. The van der Waals surface area contributed by atoms with Crippen molar-refractivity contribution in [2.45, 2.75) is 19.9 Å². The van der Waals surface area contributed by atoms with Gasteiger partial charge in [-0.1, -0.05) is 17.4 Å². The van der Waals surface area contributed by atoms with Crippen LogP contribution in [0.4, 0.5) is 0 Å². The first-order chi connectivity index (χ1) is 17.3. The van der Waals surface area contributed by atoms with Crippen LogP contribution in [0, 0.1) is 0 Å². The number of hydrogen-bond donors (Lipinski definition) is 3. The number of thiazole rings is 1. The molecular weight excluding hydrogens is 492 g/mol. The highest BCUT2D eigenvalue weighted by molar-refractivity contribution is 7.07. The Bertz CT molecular complexity index is 1660. The SMILES string of the molecule is CCOc1ccc([C@H]2C(C(=O)OC)=CN=c3s/c(=C/c4c(O)[nH]c(=O)[nH]c4=O)c(=O)n32)cc1OCC. The van der Waals surface area contributed by atoms with E-state index in [-0.39, 0.29) is 20.5 Å². The van der Waals surface area contributed by atoms with E-state index >= 15 is 0 Å². The van der Waals surface area contributed by atoms with Crippen LogP contribution in [0.2, 0.25) is 0 Å². The van der Waals surface area contributed by atoms with Gasteiger partial charge >= 0.3 is 11.7 Å². The Hall–Kier alpha value is -4.39. The zero-order valence-electron chi connectivity index (χ0n) is 19.5. The molecule has 188 valence electrons. The zero-order chi connectivity index (χ0) is 26.0. The van der Waals surface area contributed by atoms with E-state index in [1.807, 2.05) is 18.8 Å². The standard InChI is InChI=1S/C23H22N4O8S/c1-4-34-14-7-6-11(8-15(14)35-5-2)17-13(21(31)33-3)10-24-23-27(17)20(30)16(36-23)9-12-18(28)25-22(32)26-19(12)29/h6-10,17H,4-5H2,1-3H3,(H3,25,26,28,29,32)/b16-9+/t17-/m0/s1. The lowest BCUT2D eigenvalue weighted by Gasteiger charge is -2.23. The second-order valence-electron chi connectivity index (χ2n) is 7.42. The summed E-state index contributed by atoms with van der Waals surface area (Å²) in [6.45, 7) is 4.44. The molecule has 4 rings (SSSR count). The van der Waals surface area contributed by atoms with Gasteiger partial charge in [-0.25, -0.2) is 14.6 Å². The molecule has 0 bridgehead atoms. The molecule has 0 aliphatic carbocycles. The fourth-order valence-electron chi connectivity index (χ4n) is 3.74. The van der Waals surface area contributed by atoms with Gasteiger partial charge in [0, 0.05) is 6.20 Å². The van der Waals surface area contributed by atoms with Gasteiger partial charge in [-0.05, 0) is 37.6 Å². The fourth-order valence-corrected chi connectivity index (χ4v) is 4.69. The highest BCUT2D eigenvalue weighted by Crippen LogP contribution is 2.35. The van der Waals surface area contributed by atoms with Gasteiger partial charge in [-0.15, -0.1) is 0 Å². The minimum absolute atomic E-state index is 0.0436. The number of nitrogens with zero attached hydrogens (tertiary/aromatic N) is 2. The summed E-state index contributed by atoms with van der Waals surface area (Å²) in [4.78, 5) is 58.2. The second-order valence-corrected chi connectivity index (χ2v) is 8.43. The number of hydrogen-bond acceptors (Lipinski definition) is 10. The van der Waals surface area contributed by atoms with Crippen molar-refractivity contribution in [3.05, 3.63) is 81.6 Å². The number of ether oxygens (including phenoxy) is 3. The number of aromatic nitrogens is 3. The van der Waals surface area contributed by atoms with E-state index in [1.54, 1.807) is 18.2 Å². The largest absolute Gasteiger partial charge is 0.494 e. The topological polar surface area (TPSA) is 165 Å². The van der Waals surface area contributed by atoms with E-state index in [9.17, 15) is 24.3 Å². The number of nitrogens with one attached hydrogen (secondary N) is 2. The molecule has 1 atom stereocenters. The van der Waals surface area contributed by atoms with Gasteiger partial charge in [0.2, 0.25) is 5.88 Å². The maximum Gasteiger partial charge on any atom is 0.337 e. The molecule has 13 heteroatoms. The normalized spacial score (nSPS) is 15.0. The number of aromatic hydroxyl groups is 1. The Morgan fingerprint density at radius 3 is 2.56 bits per heavy atom. The monoisotopic (exact) mass is 514 g/mol. The quantitative estimate of drug-likeness (QED) is 0.368. The predicted molar refractivity (Wildman–Crippen MR) is 129 cm³/mol. The summed E-state index contributed by atoms with van der Waals surface area (Å²) in [5.41, 5.74) is -2.00. The molecule has 0 unspecified atom stereocenters. The molecule has 1 aliphatic rings. The number of carbonyl (C=O) groups is 1. The van der Waals surface area contributed by atoms with Gasteiger partial charge in [-0.3, -0.25) is 24.1 Å². The van der Waals surface area contributed by atoms with Crippen molar-refractivity contribution in [2.75, 3.05) is 20.3 Å². The predicted octanol–water partition coefficient (Wildman–Crippen LogP) is -0.102. The number of rotatable bonds is 7. The van der Waals surface area contributed by atoms with Crippen molar-refractivity contribution in [1.29, 1.82) is 0 Å². The lowest BCUT2D eigenvalue weighted by Crippen LogP contribution is -2.39. The Kier molecular flexibility index (Phi) is 6.92. The number of esters is 1. The highest BCUT2D eigenvalue weighted by Gasteiger charge is 2.31. The van der Waals surface area contributed by atoms with Gasteiger partial charge in [0.1, 0.15) is 5.56 Å². The molecule has 1 aromatic carbocycles. The van der Waals surface area contributed by atoms with Crippen molar-refractivity contribution in [3.8, 4) is 17.4 Å². The first-order valence-electron chi connectivity index (χ1n) is 10.8. The van der Waals surface area contributed by atoms with Crippen LogP contribution in [0.25, 0.3) is 6.08 Å². The van der Waals surface area contributed by atoms with Crippen LogP contribution in [0.15, 0.2) is 49.3 Å². The van der Waals surface area contributed by atoms with Crippen LogP contribution in [-0.4, -0.2) is 45.9 Å². The maximum absolute atomic E-state index is 13.5. The molecule has 36 heavy (non-hydrogen) atoms. The van der Waals surface area contributed by atoms with Gasteiger partial charge in [-0.2, -0.15) is 0 Å². The van der Waals surface area contributed by atoms with Crippen LogP contribution in [0.5, 0.6) is 17.4 Å². The average Bonchev–Trinajstić information content (AvgIpc) is 3.17. The van der Waals surface area contributed by atoms with Crippen molar-refractivity contribution in [1.82, 2.24) is 14.5 Å². The number of carbonyl (C=O) groups excluding carboxylic acids is 1. The van der Waals surface area contributed by atoms with Gasteiger partial charge in [0.25, 0.3) is 11.1 Å². The van der Waals surface area contributed by atoms with E-state index in [0.717, 1.165) is 17.4 Å². The number of methoxy groups -OCH3 is 1. The molecule has 3 aromatic rings. The van der Waals surface area contributed by atoms with Gasteiger partial charge in [0.15, 0.2) is 16.3 Å². The molecule has 0 amide bonds. The lowest BCUT2D eigenvalue weighted by molar-refractivity contribution is -0.136. The van der Waals surface area contributed by atoms with E-state index in [1.165, 1.54) is 17.9 Å². The third kappa shape index (κ3) is 4.47. The molecule has 0 fully saturated rings. The van der Waals surface area contributed by atoms with Crippen LogP contribution >= 0.6 is 11.3 Å². The van der Waals surface area contributed by atoms with Crippen molar-refractivity contribution in [3.63, 3.8) is 0 Å². The third-order valence-corrected chi connectivity index (χ3v) is 6.24. The minimum Gasteiger partial charge on any atom is -0.494 e. The summed E-state index contributed by atoms with van der Waals surface area (Å²) in [5, 5.41) is 10.0. The number of H-pyrrole nitrogens is 2. The molecular formula is C23H22N4O8S. The van der Waals surface area contributed by atoms with Crippen molar-refractivity contribution in [2.24, 2.45) is 4.99 Å². The Balaban J connectivity index is 1.95. The molecule has 3 N–H and O–H groups in total. The summed E-state index contributed by atoms with van der Waals surface area (Å²) in [7, 11) is 1.22. The molecule has 0 saturated carbocycles. The van der Waals surface area contributed by atoms with E-state index in [4.69, 9.17) is 14.2 Å². The van der Waals surface area contributed by atoms with Gasteiger partial charge in [0.05, 0.1) is 36.5 Å². The summed E-state index contributed by atoms with van der Waals surface area (Å²) < 4.78 is 17.6. The van der Waals surface area contributed by atoms with Crippen LogP contribution in [0.3, 0.4) is 0 Å². The lowest BCUT2D eigenvalue weighted by atomic mass is 9.97. The van der Waals surface area contributed by atoms with Crippen LogP contribution in [0.1, 0.15) is 31.0 Å². The van der Waals surface area contributed by atoms with E-state index in [0.29, 0.717) is 30.3 Å². The summed E-state index contributed by atoms with van der Waals surface area (Å²) in [5.74, 6) is -0.425. The first kappa shape index (κ1) is 24.7. The molecule has 12 nitrogen and oxygen atoms in total. The summed E-state index contributed by atoms with van der Waals surface area (Å²) in [6.07, 6.45) is 2.48. The molecule has 2 aromatic heterocycles. The number of aromatic amines is 2. The molecule has 0 saturated heterocycles. The molecule has 3 heterocycles. The third-order valence-electron chi connectivity index (χ3n) is 5.24. The highest BCUT2D eigenvalue weighted by atomic mass is 32.1. The Morgan fingerprint density at radius 1 is 1.17 bits per heavy atom. The van der Waals surface area contributed by atoms with Crippen LogP contribution < -0.4 is 35.6 Å². The fraction of sp³-hybridized carbons (Fsp3) is 0.261. The molecule has 0 radical (unpaired) electrons. The van der Waals surface area contributed by atoms with Crippen molar-refractivity contribution >= 4 is 23.4 Å². The first-order valence-corrected chi connectivity index (χ1v) is 11.6. The minimum atomic E-state index is -0.923. The number of fused-ring (bicyclic) bond motifs is 1. The van der Waals surface area contributed by atoms with E-state index in [2.05, 4.69) is 9.98 Å². The van der Waals surface area contributed by atoms with Crippen molar-refractivity contribution < 1.29 is 24.1 Å². The Labute approximate surface area is 206 Å². The van der Waals surface area contributed by atoms with E-state index < -0.39 is 34.7 Å². The average molecular weight is 515 g/mol. The zero-order valence-corrected chi connectivity index (χ0v) is 20.3. The van der Waals surface area contributed by atoms with Crippen LogP contribution in [-0.2, 0) is 9.53 Å². The Morgan fingerprint density at radius 2 is 1.89 bits per heavy atom. The maximum atomic E-state index is 13.5. The molecule has 0 spiro atoms. The second kappa shape index (κ2) is 10.1. The van der Waals surface area contributed by atoms with Gasteiger partial charge < -0.3 is 19.3 Å². The smallest absolute Gasteiger partial charge is 0.337 e. The summed E-state index contributed by atoms with van der Waals surface area (Å²) >= 11 is 0.944. The summed E-state index contributed by atoms with van der Waals surface area (Å²) in [6, 6.07) is 4.15. The number of benzene rings is 1.